The monoisotopic (exact) mass is 213 g/mol. The summed E-state index contributed by atoms with van der Waals surface area (Å²) < 4.78 is 10.5. The van der Waals surface area contributed by atoms with E-state index in [9.17, 15) is 0 Å². The second-order valence-electron chi connectivity index (χ2n) is 3.43. The van der Waals surface area contributed by atoms with Gasteiger partial charge in [0.05, 0.1) is 5.52 Å². The molecule has 0 fully saturated rings. The molecule has 2 heterocycles. The lowest BCUT2D eigenvalue weighted by atomic mass is 10.1. The van der Waals surface area contributed by atoms with E-state index in [1.165, 1.54) is 0 Å². The molecule has 1 aliphatic heterocycles. The van der Waals surface area contributed by atoms with Gasteiger partial charge in [0.15, 0.2) is 11.5 Å². The number of nitrogen functional groups attached to an aromatic ring is 1. The lowest BCUT2D eigenvalue weighted by Gasteiger charge is -2.03. The van der Waals surface area contributed by atoms with E-state index in [0.29, 0.717) is 28.4 Å². The Kier molecular flexibility index (Phi) is 1.65. The Labute approximate surface area is 91.0 Å². The van der Waals surface area contributed by atoms with E-state index in [4.69, 9.17) is 20.5 Å². The Morgan fingerprint density at radius 1 is 1.25 bits per heavy atom. The highest BCUT2D eigenvalue weighted by Crippen LogP contribution is 2.37. The fourth-order valence-corrected chi connectivity index (χ4v) is 1.70. The normalized spacial score (nSPS) is 12.7. The van der Waals surface area contributed by atoms with Crippen LogP contribution in [-0.4, -0.2) is 11.8 Å². The third-order valence-electron chi connectivity index (χ3n) is 2.45. The molecular weight excluding hydrogens is 206 g/mol. The van der Waals surface area contributed by atoms with E-state index in [1.54, 1.807) is 18.2 Å². The van der Waals surface area contributed by atoms with Crippen molar-refractivity contribution in [3.63, 3.8) is 0 Å². The fourth-order valence-electron chi connectivity index (χ4n) is 1.70. The number of ether oxygens (including phenoxy) is 2. The molecule has 0 unspecified atom stereocenters. The van der Waals surface area contributed by atoms with Crippen molar-refractivity contribution in [2.45, 2.75) is 0 Å². The summed E-state index contributed by atoms with van der Waals surface area (Å²) in [4.78, 5) is 4.16. The van der Waals surface area contributed by atoms with Gasteiger partial charge < -0.3 is 15.2 Å². The predicted octanol–water partition coefficient (Wildman–Crippen LogP) is 1.42. The molecule has 1 aliphatic rings. The van der Waals surface area contributed by atoms with Crippen molar-refractivity contribution < 1.29 is 9.47 Å². The van der Waals surface area contributed by atoms with Crippen LogP contribution in [0.4, 0.5) is 5.69 Å². The largest absolute Gasteiger partial charge is 0.454 e. The first kappa shape index (κ1) is 8.80. The maximum atomic E-state index is 8.79. The number of anilines is 1. The molecule has 78 valence electrons. The summed E-state index contributed by atoms with van der Waals surface area (Å²) in [7, 11) is 0. The average molecular weight is 213 g/mol. The van der Waals surface area contributed by atoms with E-state index in [-0.39, 0.29) is 6.79 Å². The highest BCUT2D eigenvalue weighted by atomic mass is 16.7. The standard InChI is InChI=1S/C11H7N3O2/c12-4-6-1-8(13)7-2-10-11(16-5-15-10)3-9(7)14-6/h1-3H,5H2,(H2,13,14). The van der Waals surface area contributed by atoms with Crippen LogP contribution in [0.25, 0.3) is 10.9 Å². The van der Waals surface area contributed by atoms with Crippen molar-refractivity contribution in [2.24, 2.45) is 0 Å². The summed E-state index contributed by atoms with van der Waals surface area (Å²) in [5, 5.41) is 9.56. The fraction of sp³-hybridized carbons (Fsp3) is 0.0909. The minimum atomic E-state index is 0.205. The van der Waals surface area contributed by atoms with Gasteiger partial charge in [-0.05, 0) is 12.1 Å². The molecule has 0 bridgehead atoms. The molecular formula is C11H7N3O2. The minimum Gasteiger partial charge on any atom is -0.454 e. The zero-order valence-electron chi connectivity index (χ0n) is 8.23. The molecule has 0 spiro atoms. The van der Waals surface area contributed by atoms with E-state index in [0.717, 1.165) is 5.39 Å². The summed E-state index contributed by atoms with van der Waals surface area (Å²) in [5.41, 5.74) is 7.29. The van der Waals surface area contributed by atoms with Gasteiger partial charge in [0, 0.05) is 17.1 Å². The van der Waals surface area contributed by atoms with E-state index in [2.05, 4.69) is 4.98 Å². The number of hydrogen-bond donors (Lipinski definition) is 1. The Balaban J connectivity index is 2.36. The average Bonchev–Trinajstić information content (AvgIpc) is 2.73. The molecule has 1 aromatic heterocycles. The Bertz CT molecular complexity index is 631. The number of pyridine rings is 1. The van der Waals surface area contributed by atoms with Crippen molar-refractivity contribution in [1.82, 2.24) is 4.98 Å². The number of benzene rings is 1. The van der Waals surface area contributed by atoms with Gasteiger partial charge in [0.1, 0.15) is 11.8 Å². The molecule has 0 saturated heterocycles. The van der Waals surface area contributed by atoms with E-state index >= 15 is 0 Å². The zero-order chi connectivity index (χ0) is 11.1. The quantitative estimate of drug-likeness (QED) is 0.715. The summed E-state index contributed by atoms with van der Waals surface area (Å²) >= 11 is 0. The van der Waals surface area contributed by atoms with Crippen LogP contribution in [0.5, 0.6) is 11.5 Å². The van der Waals surface area contributed by atoms with Crippen LogP contribution in [0.2, 0.25) is 0 Å². The molecule has 16 heavy (non-hydrogen) atoms. The maximum absolute atomic E-state index is 8.79. The molecule has 5 heteroatoms. The van der Waals surface area contributed by atoms with Crippen LogP contribution in [0.1, 0.15) is 5.69 Å². The third-order valence-corrected chi connectivity index (χ3v) is 2.45. The maximum Gasteiger partial charge on any atom is 0.231 e. The highest BCUT2D eigenvalue weighted by molar-refractivity contribution is 5.93. The Morgan fingerprint density at radius 2 is 2.00 bits per heavy atom. The summed E-state index contributed by atoms with van der Waals surface area (Å²) in [6, 6.07) is 7.02. The summed E-state index contributed by atoms with van der Waals surface area (Å²) in [6.07, 6.45) is 0. The first-order valence-electron chi connectivity index (χ1n) is 4.68. The van der Waals surface area contributed by atoms with Gasteiger partial charge in [-0.1, -0.05) is 0 Å². The zero-order valence-corrected chi connectivity index (χ0v) is 8.23. The van der Waals surface area contributed by atoms with Crippen molar-refractivity contribution in [1.29, 1.82) is 5.26 Å². The molecule has 1 aromatic carbocycles. The molecule has 2 N–H and O–H groups in total. The van der Waals surface area contributed by atoms with Crippen molar-refractivity contribution in [3.8, 4) is 17.6 Å². The number of hydrogen-bond acceptors (Lipinski definition) is 5. The lowest BCUT2D eigenvalue weighted by molar-refractivity contribution is 0.174. The van der Waals surface area contributed by atoms with Gasteiger partial charge in [0.25, 0.3) is 0 Å². The number of nitrogens with zero attached hydrogens (tertiary/aromatic N) is 2. The first-order valence-corrected chi connectivity index (χ1v) is 4.68. The molecule has 2 aromatic rings. The van der Waals surface area contributed by atoms with Gasteiger partial charge in [-0.2, -0.15) is 5.26 Å². The Morgan fingerprint density at radius 3 is 2.75 bits per heavy atom. The predicted molar refractivity (Wildman–Crippen MR) is 57.0 cm³/mol. The lowest BCUT2D eigenvalue weighted by Crippen LogP contribution is -1.92. The van der Waals surface area contributed by atoms with Crippen LogP contribution in [0.15, 0.2) is 18.2 Å². The summed E-state index contributed by atoms with van der Waals surface area (Å²) in [5.74, 6) is 1.29. The smallest absolute Gasteiger partial charge is 0.231 e. The molecule has 0 aliphatic carbocycles. The van der Waals surface area contributed by atoms with Crippen molar-refractivity contribution in [2.75, 3.05) is 12.5 Å². The number of fused-ring (bicyclic) bond motifs is 2. The van der Waals surface area contributed by atoms with Gasteiger partial charge in [-0.15, -0.1) is 0 Å². The summed E-state index contributed by atoms with van der Waals surface area (Å²) in [6.45, 7) is 0.205. The molecule has 0 atom stereocenters. The van der Waals surface area contributed by atoms with Gasteiger partial charge in [-0.3, -0.25) is 0 Å². The molecule has 0 amide bonds. The second kappa shape index (κ2) is 3.00. The van der Waals surface area contributed by atoms with Crippen LogP contribution in [0.3, 0.4) is 0 Å². The highest BCUT2D eigenvalue weighted by Gasteiger charge is 2.16. The topological polar surface area (TPSA) is 81.2 Å². The molecule has 5 nitrogen and oxygen atoms in total. The van der Waals surface area contributed by atoms with E-state index in [1.807, 2.05) is 6.07 Å². The van der Waals surface area contributed by atoms with Gasteiger partial charge in [-0.25, -0.2) is 4.98 Å². The molecule has 0 radical (unpaired) electrons. The molecule has 0 saturated carbocycles. The van der Waals surface area contributed by atoms with Crippen LogP contribution in [-0.2, 0) is 0 Å². The number of rotatable bonds is 0. The van der Waals surface area contributed by atoms with E-state index < -0.39 is 0 Å². The van der Waals surface area contributed by atoms with Gasteiger partial charge >= 0.3 is 0 Å². The first-order chi connectivity index (χ1) is 7.78. The number of aromatic nitrogens is 1. The minimum absolute atomic E-state index is 0.205. The van der Waals surface area contributed by atoms with Crippen LogP contribution >= 0.6 is 0 Å². The van der Waals surface area contributed by atoms with Crippen LogP contribution in [0, 0.1) is 11.3 Å². The number of nitrogens with two attached hydrogens (primary N) is 1. The Hall–Kier alpha value is -2.48. The third kappa shape index (κ3) is 1.13. The van der Waals surface area contributed by atoms with Crippen molar-refractivity contribution in [3.05, 3.63) is 23.9 Å². The van der Waals surface area contributed by atoms with Crippen molar-refractivity contribution >= 4 is 16.6 Å². The van der Waals surface area contributed by atoms with Crippen LogP contribution < -0.4 is 15.2 Å². The van der Waals surface area contributed by atoms with Gasteiger partial charge in [0.2, 0.25) is 6.79 Å². The second-order valence-corrected chi connectivity index (χ2v) is 3.43. The molecule has 3 rings (SSSR count). The number of nitriles is 1. The SMILES string of the molecule is N#Cc1cc(N)c2cc3c(cc2n1)OCO3.